The molecule has 0 unspecified atom stereocenters. The smallest absolute Gasteiger partial charge is 0.0362 e. The maximum absolute atomic E-state index is 6.10. The zero-order valence-electron chi connectivity index (χ0n) is 11.4. The van der Waals surface area contributed by atoms with Crippen molar-refractivity contribution in [2.75, 3.05) is 12.3 Å². The summed E-state index contributed by atoms with van der Waals surface area (Å²) in [6, 6.07) is 14.9. The Morgan fingerprint density at radius 1 is 1.11 bits per heavy atom. The van der Waals surface area contributed by atoms with E-state index in [9.17, 15) is 0 Å². The molecule has 0 radical (unpaired) electrons. The minimum atomic E-state index is 0.937. The fourth-order valence-electron chi connectivity index (χ4n) is 2.83. The SMILES string of the molecule is Cc1ccccc1CN1CCc2cccc(N)c2C1. The van der Waals surface area contributed by atoms with Gasteiger partial charge < -0.3 is 5.73 Å². The summed E-state index contributed by atoms with van der Waals surface area (Å²) in [7, 11) is 0. The molecule has 98 valence electrons. The van der Waals surface area contributed by atoms with Crippen molar-refractivity contribution in [3.8, 4) is 0 Å². The maximum Gasteiger partial charge on any atom is 0.0362 e. The van der Waals surface area contributed by atoms with Gasteiger partial charge in [0, 0.05) is 25.3 Å². The van der Waals surface area contributed by atoms with E-state index >= 15 is 0 Å². The van der Waals surface area contributed by atoms with Gasteiger partial charge in [0.15, 0.2) is 0 Å². The van der Waals surface area contributed by atoms with Gasteiger partial charge in [-0.1, -0.05) is 36.4 Å². The molecule has 2 heteroatoms. The van der Waals surface area contributed by atoms with Crippen LogP contribution in [0, 0.1) is 6.92 Å². The molecule has 1 aliphatic rings. The fraction of sp³-hybridized carbons (Fsp3) is 0.294. The van der Waals surface area contributed by atoms with Crippen molar-refractivity contribution >= 4 is 5.69 Å². The van der Waals surface area contributed by atoms with E-state index in [1.165, 1.54) is 22.3 Å². The predicted octanol–water partition coefficient (Wildman–Crippen LogP) is 3.14. The Labute approximate surface area is 114 Å². The van der Waals surface area contributed by atoms with Crippen LogP contribution in [0.15, 0.2) is 42.5 Å². The second-order valence-electron chi connectivity index (χ2n) is 5.37. The lowest BCUT2D eigenvalue weighted by Crippen LogP contribution is -2.30. The number of rotatable bonds is 2. The number of benzene rings is 2. The van der Waals surface area contributed by atoms with Gasteiger partial charge in [0.1, 0.15) is 0 Å². The Kier molecular flexibility index (Phi) is 3.26. The van der Waals surface area contributed by atoms with Crippen LogP contribution in [0.25, 0.3) is 0 Å². The molecule has 1 heterocycles. The van der Waals surface area contributed by atoms with Crippen LogP contribution in [0.5, 0.6) is 0 Å². The number of nitrogens with two attached hydrogens (primary N) is 1. The lowest BCUT2D eigenvalue weighted by atomic mass is 9.97. The number of anilines is 1. The quantitative estimate of drug-likeness (QED) is 0.832. The van der Waals surface area contributed by atoms with E-state index in [-0.39, 0.29) is 0 Å². The molecule has 0 spiro atoms. The van der Waals surface area contributed by atoms with Crippen LogP contribution >= 0.6 is 0 Å². The molecule has 0 saturated carbocycles. The number of fused-ring (bicyclic) bond motifs is 1. The third-order valence-electron chi connectivity index (χ3n) is 4.04. The minimum absolute atomic E-state index is 0.937. The number of aryl methyl sites for hydroxylation is 1. The first-order valence-corrected chi connectivity index (χ1v) is 6.87. The average Bonchev–Trinajstić information content (AvgIpc) is 2.42. The van der Waals surface area contributed by atoms with Crippen molar-refractivity contribution in [1.82, 2.24) is 4.90 Å². The van der Waals surface area contributed by atoms with E-state index in [4.69, 9.17) is 5.73 Å². The third kappa shape index (κ3) is 2.49. The van der Waals surface area contributed by atoms with Crippen molar-refractivity contribution in [3.63, 3.8) is 0 Å². The molecular weight excluding hydrogens is 232 g/mol. The first kappa shape index (κ1) is 12.2. The Bertz CT molecular complexity index is 590. The highest BCUT2D eigenvalue weighted by Crippen LogP contribution is 2.25. The molecular formula is C17H20N2. The summed E-state index contributed by atoms with van der Waals surface area (Å²) < 4.78 is 0. The minimum Gasteiger partial charge on any atom is -0.398 e. The molecule has 0 atom stereocenters. The largest absolute Gasteiger partial charge is 0.398 e. The highest BCUT2D eigenvalue weighted by molar-refractivity contribution is 5.51. The van der Waals surface area contributed by atoms with Crippen LogP contribution in [0.4, 0.5) is 5.69 Å². The zero-order chi connectivity index (χ0) is 13.2. The van der Waals surface area contributed by atoms with E-state index in [2.05, 4.69) is 48.2 Å². The molecule has 2 nitrogen and oxygen atoms in total. The lowest BCUT2D eigenvalue weighted by Gasteiger charge is -2.30. The standard InChI is InChI=1S/C17H20N2/c1-13-5-2-3-6-15(13)11-19-10-9-14-7-4-8-17(18)16(14)12-19/h2-8H,9-12,18H2,1H3. The predicted molar refractivity (Wildman–Crippen MR) is 79.9 cm³/mol. The Morgan fingerprint density at radius 3 is 2.79 bits per heavy atom. The fourth-order valence-corrected chi connectivity index (χ4v) is 2.83. The number of hydrogen-bond acceptors (Lipinski definition) is 2. The van der Waals surface area contributed by atoms with Gasteiger partial charge in [0.25, 0.3) is 0 Å². The van der Waals surface area contributed by atoms with Gasteiger partial charge in [-0.05, 0) is 41.7 Å². The summed E-state index contributed by atoms with van der Waals surface area (Å²) in [6.45, 7) is 5.28. The van der Waals surface area contributed by atoms with Gasteiger partial charge >= 0.3 is 0 Å². The molecule has 1 aliphatic heterocycles. The Balaban J connectivity index is 1.79. The van der Waals surface area contributed by atoms with E-state index in [1.807, 2.05) is 6.07 Å². The van der Waals surface area contributed by atoms with Crippen LogP contribution in [-0.2, 0) is 19.5 Å². The molecule has 0 fully saturated rings. The van der Waals surface area contributed by atoms with Gasteiger partial charge in [-0.3, -0.25) is 4.90 Å². The van der Waals surface area contributed by atoms with Crippen LogP contribution in [-0.4, -0.2) is 11.4 Å². The van der Waals surface area contributed by atoms with Crippen LogP contribution in [0.2, 0.25) is 0 Å². The van der Waals surface area contributed by atoms with E-state index in [1.54, 1.807) is 0 Å². The summed E-state index contributed by atoms with van der Waals surface area (Å²) >= 11 is 0. The van der Waals surface area contributed by atoms with Crippen molar-refractivity contribution < 1.29 is 0 Å². The number of nitrogen functional groups attached to an aromatic ring is 1. The normalized spacial score (nSPS) is 15.2. The Morgan fingerprint density at radius 2 is 1.95 bits per heavy atom. The summed E-state index contributed by atoms with van der Waals surface area (Å²) in [5, 5.41) is 0. The van der Waals surface area contributed by atoms with Crippen LogP contribution in [0.1, 0.15) is 22.3 Å². The summed E-state index contributed by atoms with van der Waals surface area (Å²) in [6.07, 6.45) is 1.10. The molecule has 19 heavy (non-hydrogen) atoms. The molecule has 0 bridgehead atoms. The van der Waals surface area contributed by atoms with Crippen molar-refractivity contribution in [2.24, 2.45) is 0 Å². The topological polar surface area (TPSA) is 29.3 Å². The first-order chi connectivity index (χ1) is 9.24. The summed E-state index contributed by atoms with van der Waals surface area (Å²) in [4.78, 5) is 2.49. The monoisotopic (exact) mass is 252 g/mol. The molecule has 2 aromatic carbocycles. The maximum atomic E-state index is 6.10. The van der Waals surface area contributed by atoms with E-state index in [0.29, 0.717) is 0 Å². The van der Waals surface area contributed by atoms with Gasteiger partial charge in [0.05, 0.1) is 0 Å². The molecule has 3 rings (SSSR count). The molecule has 0 aliphatic carbocycles. The van der Waals surface area contributed by atoms with Crippen LogP contribution < -0.4 is 5.73 Å². The second kappa shape index (κ2) is 5.06. The van der Waals surface area contributed by atoms with Gasteiger partial charge in [0.2, 0.25) is 0 Å². The molecule has 0 aromatic heterocycles. The van der Waals surface area contributed by atoms with Gasteiger partial charge in [-0.2, -0.15) is 0 Å². The lowest BCUT2D eigenvalue weighted by molar-refractivity contribution is 0.245. The number of hydrogen-bond donors (Lipinski definition) is 1. The van der Waals surface area contributed by atoms with E-state index in [0.717, 1.165) is 31.7 Å². The first-order valence-electron chi connectivity index (χ1n) is 6.87. The molecule has 0 amide bonds. The zero-order valence-corrected chi connectivity index (χ0v) is 11.4. The third-order valence-corrected chi connectivity index (χ3v) is 4.04. The Hall–Kier alpha value is -1.80. The van der Waals surface area contributed by atoms with Crippen LogP contribution in [0.3, 0.4) is 0 Å². The van der Waals surface area contributed by atoms with Crippen molar-refractivity contribution in [1.29, 1.82) is 0 Å². The molecule has 0 saturated heterocycles. The number of nitrogens with zero attached hydrogens (tertiary/aromatic N) is 1. The highest BCUT2D eigenvalue weighted by Gasteiger charge is 2.18. The van der Waals surface area contributed by atoms with Crippen molar-refractivity contribution in [2.45, 2.75) is 26.4 Å². The van der Waals surface area contributed by atoms with Gasteiger partial charge in [-0.15, -0.1) is 0 Å². The summed E-state index contributed by atoms with van der Waals surface area (Å²) in [5.41, 5.74) is 12.6. The van der Waals surface area contributed by atoms with Crippen molar-refractivity contribution in [3.05, 3.63) is 64.7 Å². The summed E-state index contributed by atoms with van der Waals surface area (Å²) in [5.74, 6) is 0. The van der Waals surface area contributed by atoms with Gasteiger partial charge in [-0.25, -0.2) is 0 Å². The molecule has 2 aromatic rings. The average molecular weight is 252 g/mol. The van der Waals surface area contributed by atoms with E-state index < -0.39 is 0 Å². The second-order valence-corrected chi connectivity index (χ2v) is 5.37. The highest BCUT2D eigenvalue weighted by atomic mass is 15.1. The molecule has 2 N–H and O–H groups in total.